The number of aliphatic imine (C=N–C) groups is 1. The quantitative estimate of drug-likeness (QED) is 0.440. The fourth-order valence-corrected chi connectivity index (χ4v) is 5.84. The second kappa shape index (κ2) is 9.17. The minimum Gasteiger partial charge on any atom is -0.382 e. The maximum atomic E-state index is 10.1. The van der Waals surface area contributed by atoms with Gasteiger partial charge in [0.05, 0.1) is 10.4 Å². The minimum absolute atomic E-state index is 0.198. The Morgan fingerprint density at radius 3 is 2.52 bits per heavy atom. The second-order valence-electron chi connectivity index (χ2n) is 7.26. The molecule has 2 heterocycles. The first-order valence-electron chi connectivity index (χ1n) is 9.52. The van der Waals surface area contributed by atoms with Crippen LogP contribution in [-0.2, 0) is 0 Å². The number of nitriles is 1. The van der Waals surface area contributed by atoms with Crippen molar-refractivity contribution < 1.29 is 0 Å². The van der Waals surface area contributed by atoms with Gasteiger partial charge in [-0.15, -0.1) is 11.3 Å². The predicted octanol–water partition coefficient (Wildman–Crippen LogP) is 6.06. The fraction of sp³-hybridized carbons (Fsp3) is 0.381. The molecule has 2 atom stereocenters. The zero-order valence-electron chi connectivity index (χ0n) is 16.4. The van der Waals surface area contributed by atoms with Gasteiger partial charge in [-0.05, 0) is 38.8 Å². The lowest BCUT2D eigenvalue weighted by Crippen LogP contribution is -2.38. The van der Waals surface area contributed by atoms with E-state index in [1.54, 1.807) is 18.2 Å². The fourth-order valence-electron chi connectivity index (χ4n) is 3.95. The molecule has 1 aromatic carbocycles. The van der Waals surface area contributed by atoms with E-state index in [0.717, 1.165) is 24.2 Å². The highest BCUT2D eigenvalue weighted by Crippen LogP contribution is 2.46. The number of nitrogens with one attached hydrogen (secondary N) is 1. The van der Waals surface area contributed by atoms with Crippen molar-refractivity contribution in [3.63, 3.8) is 0 Å². The van der Waals surface area contributed by atoms with Crippen LogP contribution < -0.4 is 10.6 Å². The van der Waals surface area contributed by atoms with Crippen molar-refractivity contribution in [3.8, 4) is 17.2 Å². The summed E-state index contributed by atoms with van der Waals surface area (Å²) < 4.78 is 0. The number of thiophene rings is 1. The smallest absolute Gasteiger partial charge is 0.143 e. The van der Waals surface area contributed by atoms with Gasteiger partial charge in [0.2, 0.25) is 0 Å². The van der Waals surface area contributed by atoms with E-state index in [4.69, 9.17) is 34.3 Å². The third kappa shape index (κ3) is 4.28. The topological polar surface area (TPSA) is 89.3 Å². The third-order valence-corrected chi connectivity index (χ3v) is 7.09. The first-order chi connectivity index (χ1) is 13.9. The predicted molar refractivity (Wildman–Crippen MR) is 124 cm³/mol. The third-order valence-electron chi connectivity index (χ3n) is 5.32. The molecular weight excluding hydrogens is 425 g/mol. The van der Waals surface area contributed by atoms with Gasteiger partial charge >= 0.3 is 0 Å². The molecule has 0 saturated carbocycles. The van der Waals surface area contributed by atoms with Crippen LogP contribution in [0.4, 0.5) is 5.00 Å². The first-order valence-corrected chi connectivity index (χ1v) is 11.1. The van der Waals surface area contributed by atoms with Crippen molar-refractivity contribution in [2.24, 2.45) is 10.7 Å². The standard InChI is InChI=1S/C21H23Cl2N5S/c1-12-5-3-4-6-13(2)28(12)21-16(10-24)18(19(29-21)20(26)27-11-25)15-8-7-14(22)9-17(15)23/h7-9,11-13H,3-6H2,1-2H3,(H3,25,26,27)/t12-,13+. The van der Waals surface area contributed by atoms with Gasteiger partial charge < -0.3 is 10.6 Å². The van der Waals surface area contributed by atoms with Crippen molar-refractivity contribution in [1.82, 2.24) is 0 Å². The summed E-state index contributed by atoms with van der Waals surface area (Å²) in [5, 5.41) is 19.3. The number of amidine groups is 1. The van der Waals surface area contributed by atoms with Gasteiger partial charge in [-0.1, -0.05) is 42.1 Å². The normalized spacial score (nSPS) is 20.2. The van der Waals surface area contributed by atoms with E-state index < -0.39 is 0 Å². The Kier molecular flexibility index (Phi) is 6.84. The maximum Gasteiger partial charge on any atom is 0.143 e. The SMILES string of the molecule is C[C@@H]1CCCC[C@H](C)N1c1sc(C(N)=NC=N)c(-c2ccc(Cl)cc2Cl)c1C#N. The van der Waals surface area contributed by atoms with Crippen LogP contribution in [0.5, 0.6) is 0 Å². The lowest BCUT2D eigenvalue weighted by atomic mass is 10.00. The monoisotopic (exact) mass is 447 g/mol. The van der Waals surface area contributed by atoms with E-state index in [1.807, 2.05) is 0 Å². The summed E-state index contributed by atoms with van der Waals surface area (Å²) in [7, 11) is 0. The molecule has 0 radical (unpaired) electrons. The van der Waals surface area contributed by atoms with Crippen LogP contribution in [0.3, 0.4) is 0 Å². The molecule has 1 saturated heterocycles. The molecule has 1 aliphatic rings. The minimum atomic E-state index is 0.198. The van der Waals surface area contributed by atoms with E-state index in [1.165, 1.54) is 24.2 Å². The Hall–Kier alpha value is -2.07. The molecule has 0 aliphatic carbocycles. The highest BCUT2D eigenvalue weighted by Gasteiger charge is 2.31. The molecule has 0 amide bonds. The van der Waals surface area contributed by atoms with Crippen LogP contribution in [0.1, 0.15) is 50.0 Å². The van der Waals surface area contributed by atoms with E-state index in [9.17, 15) is 5.26 Å². The number of rotatable bonds is 4. The molecule has 8 heteroatoms. The number of nitrogens with zero attached hydrogens (tertiary/aromatic N) is 3. The van der Waals surface area contributed by atoms with Crippen LogP contribution in [0.2, 0.25) is 10.0 Å². The van der Waals surface area contributed by atoms with Crippen LogP contribution in [0.25, 0.3) is 11.1 Å². The molecule has 0 bridgehead atoms. The average molecular weight is 448 g/mol. The van der Waals surface area contributed by atoms with E-state index in [-0.39, 0.29) is 5.84 Å². The summed E-state index contributed by atoms with van der Waals surface area (Å²) >= 11 is 14.0. The van der Waals surface area contributed by atoms with Crippen molar-refractivity contribution in [2.75, 3.05) is 4.90 Å². The molecule has 152 valence electrons. The highest BCUT2D eigenvalue weighted by molar-refractivity contribution is 7.19. The summed E-state index contributed by atoms with van der Waals surface area (Å²) in [6.07, 6.45) is 5.41. The van der Waals surface area contributed by atoms with E-state index in [0.29, 0.717) is 43.7 Å². The van der Waals surface area contributed by atoms with Crippen molar-refractivity contribution in [3.05, 3.63) is 38.7 Å². The zero-order chi connectivity index (χ0) is 21.1. The summed E-state index contributed by atoms with van der Waals surface area (Å²) in [5.74, 6) is 0.198. The van der Waals surface area contributed by atoms with E-state index >= 15 is 0 Å². The van der Waals surface area contributed by atoms with Crippen LogP contribution >= 0.6 is 34.5 Å². The molecule has 2 aromatic rings. The number of benzene rings is 1. The summed E-state index contributed by atoms with van der Waals surface area (Å²) in [6, 6.07) is 8.20. The first kappa shape index (κ1) is 21.6. The maximum absolute atomic E-state index is 10.1. The second-order valence-corrected chi connectivity index (χ2v) is 9.10. The molecule has 0 spiro atoms. The van der Waals surface area contributed by atoms with Gasteiger partial charge in [-0.3, -0.25) is 5.41 Å². The zero-order valence-corrected chi connectivity index (χ0v) is 18.7. The van der Waals surface area contributed by atoms with Crippen LogP contribution in [0.15, 0.2) is 23.2 Å². The van der Waals surface area contributed by atoms with Gasteiger partial charge in [0.25, 0.3) is 0 Å². The van der Waals surface area contributed by atoms with E-state index in [2.05, 4.69) is 29.8 Å². The number of hydrogen-bond acceptors (Lipinski definition) is 4. The molecule has 0 unspecified atom stereocenters. The van der Waals surface area contributed by atoms with Gasteiger partial charge in [-0.2, -0.15) is 5.26 Å². The van der Waals surface area contributed by atoms with Crippen LogP contribution in [-0.4, -0.2) is 24.3 Å². The Morgan fingerprint density at radius 1 is 1.31 bits per heavy atom. The van der Waals surface area contributed by atoms with Gasteiger partial charge in [0.1, 0.15) is 23.2 Å². The number of anilines is 1. The van der Waals surface area contributed by atoms with Crippen molar-refractivity contribution >= 4 is 51.7 Å². The Bertz CT molecular complexity index is 980. The molecule has 1 fully saturated rings. The molecule has 1 aliphatic heterocycles. The largest absolute Gasteiger partial charge is 0.382 e. The number of halogens is 2. The molecule has 3 N–H and O–H groups in total. The molecular formula is C21H23Cl2N5S. The molecule has 5 nitrogen and oxygen atoms in total. The van der Waals surface area contributed by atoms with Gasteiger partial charge in [0.15, 0.2) is 0 Å². The van der Waals surface area contributed by atoms with Gasteiger partial charge in [-0.25, -0.2) is 4.99 Å². The summed E-state index contributed by atoms with van der Waals surface area (Å²) in [5.41, 5.74) is 8.08. The van der Waals surface area contributed by atoms with Crippen molar-refractivity contribution in [2.45, 2.75) is 51.6 Å². The van der Waals surface area contributed by atoms with Gasteiger partial charge in [0, 0.05) is 33.3 Å². The highest BCUT2D eigenvalue weighted by atomic mass is 35.5. The Labute approximate surface area is 185 Å². The summed E-state index contributed by atoms with van der Waals surface area (Å²) in [4.78, 5) is 6.95. The van der Waals surface area contributed by atoms with Crippen LogP contribution in [0, 0.1) is 16.7 Å². The molecule has 1 aromatic heterocycles. The summed E-state index contributed by atoms with van der Waals surface area (Å²) in [6.45, 7) is 4.40. The molecule has 3 rings (SSSR count). The number of hydrogen-bond donors (Lipinski definition) is 2. The number of nitrogens with two attached hydrogens (primary N) is 1. The lowest BCUT2D eigenvalue weighted by molar-refractivity contribution is 0.562. The Balaban J connectivity index is 2.30. The Morgan fingerprint density at radius 2 is 1.97 bits per heavy atom. The average Bonchev–Trinajstić information content (AvgIpc) is 2.95. The van der Waals surface area contributed by atoms with Crippen molar-refractivity contribution in [1.29, 1.82) is 10.7 Å². The molecule has 29 heavy (non-hydrogen) atoms. The lowest BCUT2D eigenvalue weighted by Gasteiger charge is -2.34.